The molecule has 0 bridgehead atoms. The highest BCUT2D eigenvalue weighted by Gasteiger charge is 2.36. The van der Waals surface area contributed by atoms with Crippen molar-refractivity contribution in [2.45, 2.75) is 32.0 Å². The monoisotopic (exact) mass is 436 g/mol. The zero-order valence-electron chi connectivity index (χ0n) is 16.3. The van der Waals surface area contributed by atoms with Gasteiger partial charge in [0.15, 0.2) is 0 Å². The summed E-state index contributed by atoms with van der Waals surface area (Å²) in [5, 5.41) is 0. The molecule has 1 aromatic carbocycles. The number of anilines is 1. The number of carbonyl (C=O) groups excluding carboxylic acids is 2. The number of methoxy groups -OCH3 is 1. The van der Waals surface area contributed by atoms with Crippen LogP contribution in [-0.2, 0) is 30.5 Å². The van der Waals surface area contributed by atoms with Gasteiger partial charge in [0.2, 0.25) is 15.9 Å². The highest BCUT2D eigenvalue weighted by Crippen LogP contribution is 2.33. The number of piperidine rings is 1. The second-order valence-corrected chi connectivity index (χ2v) is 8.77. The Labute approximate surface area is 167 Å². The molecule has 1 aromatic rings. The molecule has 29 heavy (non-hydrogen) atoms. The van der Waals surface area contributed by atoms with Crippen molar-refractivity contribution in [2.75, 3.05) is 30.8 Å². The predicted octanol–water partition coefficient (Wildman–Crippen LogP) is 2.27. The quantitative estimate of drug-likeness (QED) is 0.662. The lowest BCUT2D eigenvalue weighted by atomic mass is 9.96. The second-order valence-electron chi connectivity index (χ2n) is 6.91. The lowest BCUT2D eigenvalue weighted by Crippen LogP contribution is -2.51. The van der Waals surface area contributed by atoms with Gasteiger partial charge in [-0.2, -0.15) is 13.2 Å². The minimum atomic E-state index is -4.65. The summed E-state index contributed by atoms with van der Waals surface area (Å²) in [5.74, 6) is -1.25. The van der Waals surface area contributed by atoms with Gasteiger partial charge in [-0.1, -0.05) is 6.07 Å². The molecule has 162 valence electrons. The van der Waals surface area contributed by atoms with Crippen LogP contribution >= 0.6 is 0 Å². The third-order valence-corrected chi connectivity index (χ3v) is 6.08. The van der Waals surface area contributed by atoms with Crippen LogP contribution in [-0.4, -0.2) is 57.7 Å². The summed E-state index contributed by atoms with van der Waals surface area (Å²) in [6, 6.07) is 2.59. The molecular formula is C18H23F3N2O5S. The highest BCUT2D eigenvalue weighted by molar-refractivity contribution is 7.92. The number of amides is 1. The number of halogens is 3. The Balaban J connectivity index is 2.26. The topological polar surface area (TPSA) is 84.0 Å². The van der Waals surface area contributed by atoms with Crippen molar-refractivity contribution in [1.29, 1.82) is 0 Å². The van der Waals surface area contributed by atoms with Crippen LogP contribution < -0.4 is 4.31 Å². The Kier molecular flexibility index (Phi) is 6.82. The summed E-state index contributed by atoms with van der Waals surface area (Å²) in [7, 11) is -2.77. The fraction of sp³-hybridized carbons (Fsp3) is 0.556. The third kappa shape index (κ3) is 5.40. The summed E-state index contributed by atoms with van der Waals surface area (Å²) in [5.41, 5.74) is -1.25. The SMILES string of the molecule is COC(=O)C1CCN(C(=O)[C@@H](C)N(c2cccc(C(F)(F)F)c2)S(C)(=O)=O)CC1. The molecule has 1 heterocycles. The molecule has 1 atom stereocenters. The first kappa shape index (κ1) is 23.0. The van der Waals surface area contributed by atoms with Crippen molar-refractivity contribution in [3.8, 4) is 0 Å². The van der Waals surface area contributed by atoms with Crippen LogP contribution in [0.5, 0.6) is 0 Å². The Bertz CT molecular complexity index is 864. The number of hydrogen-bond acceptors (Lipinski definition) is 5. The van der Waals surface area contributed by atoms with Crippen molar-refractivity contribution < 1.29 is 35.9 Å². The summed E-state index contributed by atoms with van der Waals surface area (Å²) < 4.78 is 69.1. The number of hydrogen-bond donors (Lipinski definition) is 0. The van der Waals surface area contributed by atoms with Crippen LogP contribution in [0, 0.1) is 5.92 Å². The summed E-state index contributed by atoms with van der Waals surface area (Å²) in [4.78, 5) is 25.9. The van der Waals surface area contributed by atoms with Gasteiger partial charge in [-0.3, -0.25) is 13.9 Å². The summed E-state index contributed by atoms with van der Waals surface area (Å²) >= 11 is 0. The number of likely N-dealkylation sites (tertiary alicyclic amines) is 1. The predicted molar refractivity (Wildman–Crippen MR) is 99.5 cm³/mol. The van der Waals surface area contributed by atoms with Crippen molar-refractivity contribution in [3.05, 3.63) is 29.8 Å². The van der Waals surface area contributed by atoms with Gasteiger partial charge in [0.05, 0.1) is 30.5 Å². The minimum Gasteiger partial charge on any atom is -0.469 e. The number of ether oxygens (including phenoxy) is 1. The number of benzene rings is 1. The zero-order valence-corrected chi connectivity index (χ0v) is 17.1. The lowest BCUT2D eigenvalue weighted by Gasteiger charge is -2.36. The normalized spacial score (nSPS) is 17.0. The van der Waals surface area contributed by atoms with Crippen LogP contribution in [0.3, 0.4) is 0 Å². The number of carbonyl (C=O) groups is 2. The standard InChI is InChI=1S/C18H23F3N2O5S/c1-12(16(24)22-9-7-13(8-10-22)17(25)28-2)23(29(3,26)27)15-6-4-5-14(11-15)18(19,20)21/h4-6,11-13H,7-10H2,1-3H3/t12-/m1/s1. The van der Waals surface area contributed by atoms with Crippen LogP contribution in [0.4, 0.5) is 18.9 Å². The first-order chi connectivity index (χ1) is 13.4. The molecule has 0 saturated carbocycles. The molecule has 1 aliphatic heterocycles. The average molecular weight is 436 g/mol. The van der Waals surface area contributed by atoms with Crippen LogP contribution in [0.15, 0.2) is 24.3 Å². The van der Waals surface area contributed by atoms with Gasteiger partial charge in [0.25, 0.3) is 0 Å². The largest absolute Gasteiger partial charge is 0.469 e. The zero-order chi connectivity index (χ0) is 22.0. The van der Waals surface area contributed by atoms with E-state index in [-0.39, 0.29) is 30.7 Å². The highest BCUT2D eigenvalue weighted by atomic mass is 32.2. The molecule has 1 aliphatic rings. The molecule has 0 aromatic heterocycles. The average Bonchev–Trinajstić information content (AvgIpc) is 2.65. The second kappa shape index (κ2) is 8.60. The third-order valence-electron chi connectivity index (χ3n) is 4.84. The molecule has 0 spiro atoms. The minimum absolute atomic E-state index is 0.225. The molecule has 1 fully saturated rings. The van der Waals surface area contributed by atoms with E-state index < -0.39 is 33.7 Å². The molecule has 0 unspecified atom stereocenters. The Morgan fingerprint density at radius 1 is 1.24 bits per heavy atom. The fourth-order valence-electron chi connectivity index (χ4n) is 3.39. The van der Waals surface area contributed by atoms with E-state index in [1.54, 1.807) is 0 Å². The van der Waals surface area contributed by atoms with Gasteiger partial charge in [-0.15, -0.1) is 0 Å². The number of sulfonamides is 1. The number of rotatable bonds is 5. The first-order valence-corrected chi connectivity index (χ1v) is 10.7. The number of esters is 1. The Hall–Kier alpha value is -2.30. The summed E-state index contributed by atoms with van der Waals surface area (Å²) in [6.45, 7) is 1.78. The molecular weight excluding hydrogens is 413 g/mol. The van der Waals surface area contributed by atoms with Crippen LogP contribution in [0.1, 0.15) is 25.3 Å². The van der Waals surface area contributed by atoms with E-state index in [2.05, 4.69) is 0 Å². The van der Waals surface area contributed by atoms with Gasteiger partial charge in [-0.05, 0) is 38.0 Å². The van der Waals surface area contributed by atoms with Gasteiger partial charge < -0.3 is 9.64 Å². The number of alkyl halides is 3. The van der Waals surface area contributed by atoms with E-state index in [1.165, 1.54) is 25.0 Å². The van der Waals surface area contributed by atoms with E-state index in [9.17, 15) is 31.2 Å². The number of nitrogens with zero attached hydrogens (tertiary/aromatic N) is 2. The molecule has 11 heteroatoms. The maximum atomic E-state index is 13.0. The first-order valence-electron chi connectivity index (χ1n) is 8.89. The molecule has 1 saturated heterocycles. The van der Waals surface area contributed by atoms with Crippen molar-refractivity contribution in [2.24, 2.45) is 5.92 Å². The van der Waals surface area contributed by atoms with E-state index >= 15 is 0 Å². The Morgan fingerprint density at radius 2 is 1.83 bits per heavy atom. The van der Waals surface area contributed by atoms with E-state index in [0.29, 0.717) is 23.2 Å². The smallest absolute Gasteiger partial charge is 0.416 e. The maximum absolute atomic E-state index is 13.0. The van der Waals surface area contributed by atoms with E-state index in [0.717, 1.165) is 18.4 Å². The van der Waals surface area contributed by atoms with Crippen LogP contribution in [0.2, 0.25) is 0 Å². The summed E-state index contributed by atoms with van der Waals surface area (Å²) in [6.07, 6.45) is -3.08. The lowest BCUT2D eigenvalue weighted by molar-refractivity contribution is -0.149. The molecule has 1 amide bonds. The van der Waals surface area contributed by atoms with Gasteiger partial charge >= 0.3 is 12.1 Å². The molecule has 7 nitrogen and oxygen atoms in total. The molecule has 0 N–H and O–H groups in total. The maximum Gasteiger partial charge on any atom is 0.416 e. The Morgan fingerprint density at radius 3 is 2.31 bits per heavy atom. The van der Waals surface area contributed by atoms with Gasteiger partial charge in [0, 0.05) is 13.1 Å². The van der Waals surface area contributed by atoms with Gasteiger partial charge in [0.1, 0.15) is 6.04 Å². The van der Waals surface area contributed by atoms with Crippen molar-refractivity contribution in [1.82, 2.24) is 4.90 Å². The van der Waals surface area contributed by atoms with Crippen LogP contribution in [0.25, 0.3) is 0 Å². The van der Waals surface area contributed by atoms with Crippen molar-refractivity contribution in [3.63, 3.8) is 0 Å². The molecule has 2 rings (SSSR count). The van der Waals surface area contributed by atoms with E-state index in [4.69, 9.17) is 4.74 Å². The van der Waals surface area contributed by atoms with Gasteiger partial charge in [-0.25, -0.2) is 8.42 Å². The molecule has 0 radical (unpaired) electrons. The van der Waals surface area contributed by atoms with E-state index in [1.807, 2.05) is 0 Å². The molecule has 0 aliphatic carbocycles. The fourth-order valence-corrected chi connectivity index (χ4v) is 4.55. The van der Waals surface area contributed by atoms with Crippen molar-refractivity contribution >= 4 is 27.6 Å².